The van der Waals surface area contributed by atoms with Gasteiger partial charge in [-0.1, -0.05) is 21.1 Å². The number of nitrogens with two attached hydrogens (primary N) is 1. The van der Waals surface area contributed by atoms with E-state index in [2.05, 4.69) is 26.1 Å². The van der Waals surface area contributed by atoms with Crippen LogP contribution in [-0.4, -0.2) is 17.3 Å². The molecule has 0 radical (unpaired) electrons. The second-order valence-electron chi connectivity index (χ2n) is 3.93. The lowest BCUT2D eigenvalue weighted by molar-refractivity contribution is 0.379. The molecule has 0 amide bonds. The van der Waals surface area contributed by atoms with Crippen molar-refractivity contribution in [2.24, 2.45) is 5.73 Å². The van der Waals surface area contributed by atoms with Crippen LogP contribution in [-0.2, 0) is 6.54 Å². The van der Waals surface area contributed by atoms with Crippen molar-refractivity contribution in [1.29, 1.82) is 0 Å². The maximum atomic E-state index is 5.46. The Kier molecular flexibility index (Phi) is 3.68. The Balaban J connectivity index is 2.63. The van der Waals surface area contributed by atoms with Gasteiger partial charge in [-0.15, -0.1) is 0 Å². The molecule has 0 saturated heterocycles. The number of nitrogens with zero attached hydrogens (tertiary/aromatic N) is 2. The minimum absolute atomic E-state index is 0.226. The van der Waals surface area contributed by atoms with E-state index in [0.29, 0.717) is 11.7 Å². The summed E-state index contributed by atoms with van der Waals surface area (Å²) < 4.78 is 11.5. The van der Waals surface area contributed by atoms with Crippen LogP contribution in [0.1, 0.15) is 17.0 Å². The molecule has 0 aliphatic carbocycles. The second-order valence-corrected chi connectivity index (χ2v) is 4.72. The van der Waals surface area contributed by atoms with E-state index in [0.717, 1.165) is 26.9 Å². The molecule has 0 unspecified atom stereocenters. The SMILES string of the molecule is COc1c(-c2noc(CN)n2)cc(C)c(Br)c1C. The van der Waals surface area contributed by atoms with E-state index in [-0.39, 0.29) is 6.54 Å². The van der Waals surface area contributed by atoms with Gasteiger partial charge < -0.3 is 15.0 Å². The fraction of sp³-hybridized carbons (Fsp3) is 0.333. The lowest BCUT2D eigenvalue weighted by atomic mass is 10.1. The Morgan fingerprint density at radius 3 is 2.72 bits per heavy atom. The van der Waals surface area contributed by atoms with Gasteiger partial charge in [0, 0.05) is 10.0 Å². The fourth-order valence-electron chi connectivity index (χ4n) is 1.82. The van der Waals surface area contributed by atoms with Crippen LogP contribution in [0.5, 0.6) is 5.75 Å². The Morgan fingerprint density at radius 1 is 1.44 bits per heavy atom. The third-order valence-electron chi connectivity index (χ3n) is 2.71. The summed E-state index contributed by atoms with van der Waals surface area (Å²) in [6.45, 7) is 4.21. The summed E-state index contributed by atoms with van der Waals surface area (Å²) in [4.78, 5) is 4.22. The van der Waals surface area contributed by atoms with Crippen LogP contribution < -0.4 is 10.5 Å². The summed E-state index contributed by atoms with van der Waals surface area (Å²) in [7, 11) is 1.62. The Hall–Kier alpha value is -1.40. The molecule has 2 rings (SSSR count). The first-order chi connectivity index (χ1) is 8.58. The summed E-state index contributed by atoms with van der Waals surface area (Å²) in [6.07, 6.45) is 0. The topological polar surface area (TPSA) is 74.2 Å². The van der Waals surface area contributed by atoms with E-state index in [9.17, 15) is 0 Å². The van der Waals surface area contributed by atoms with E-state index >= 15 is 0 Å². The molecule has 0 saturated carbocycles. The number of aryl methyl sites for hydroxylation is 1. The predicted molar refractivity (Wildman–Crippen MR) is 71.4 cm³/mol. The zero-order valence-corrected chi connectivity index (χ0v) is 12.0. The number of methoxy groups -OCH3 is 1. The molecule has 0 spiro atoms. The van der Waals surface area contributed by atoms with Crippen molar-refractivity contribution in [1.82, 2.24) is 10.1 Å². The van der Waals surface area contributed by atoms with Crippen molar-refractivity contribution in [3.05, 3.63) is 27.6 Å². The first-order valence-corrected chi connectivity index (χ1v) is 6.24. The zero-order chi connectivity index (χ0) is 13.3. The molecule has 0 aliphatic heterocycles. The summed E-state index contributed by atoms with van der Waals surface area (Å²) in [5.74, 6) is 1.63. The maximum Gasteiger partial charge on any atom is 0.240 e. The highest BCUT2D eigenvalue weighted by molar-refractivity contribution is 9.10. The number of halogens is 1. The predicted octanol–water partition coefficient (Wildman–Crippen LogP) is 2.58. The molecule has 18 heavy (non-hydrogen) atoms. The lowest BCUT2D eigenvalue weighted by Crippen LogP contribution is -1.97. The zero-order valence-electron chi connectivity index (χ0n) is 10.5. The van der Waals surface area contributed by atoms with Gasteiger partial charge in [-0.25, -0.2) is 0 Å². The third kappa shape index (κ3) is 2.13. The normalized spacial score (nSPS) is 10.7. The highest BCUT2D eigenvalue weighted by atomic mass is 79.9. The van der Waals surface area contributed by atoms with Crippen LogP contribution in [0.25, 0.3) is 11.4 Å². The molecule has 2 N–H and O–H groups in total. The largest absolute Gasteiger partial charge is 0.496 e. The van der Waals surface area contributed by atoms with Crippen molar-refractivity contribution < 1.29 is 9.26 Å². The highest BCUT2D eigenvalue weighted by Crippen LogP contribution is 2.37. The van der Waals surface area contributed by atoms with Crippen LogP contribution >= 0.6 is 15.9 Å². The quantitative estimate of drug-likeness (QED) is 0.943. The number of hydrogen-bond donors (Lipinski definition) is 1. The molecule has 1 heterocycles. The summed E-state index contributed by atoms with van der Waals surface area (Å²) >= 11 is 3.53. The van der Waals surface area contributed by atoms with Crippen molar-refractivity contribution in [3.8, 4) is 17.1 Å². The molecular weight excluding hydrogens is 298 g/mol. The van der Waals surface area contributed by atoms with Gasteiger partial charge in [0.25, 0.3) is 0 Å². The van der Waals surface area contributed by atoms with Gasteiger partial charge in [0.05, 0.1) is 19.2 Å². The number of benzene rings is 1. The van der Waals surface area contributed by atoms with Crippen molar-refractivity contribution in [2.75, 3.05) is 7.11 Å². The van der Waals surface area contributed by atoms with Gasteiger partial charge in [0.1, 0.15) is 5.75 Å². The van der Waals surface area contributed by atoms with Gasteiger partial charge in [-0.2, -0.15) is 4.98 Å². The Bertz CT molecular complexity index is 581. The van der Waals surface area contributed by atoms with E-state index < -0.39 is 0 Å². The van der Waals surface area contributed by atoms with Crippen molar-refractivity contribution in [2.45, 2.75) is 20.4 Å². The average molecular weight is 312 g/mol. The molecule has 2 aromatic rings. The van der Waals surface area contributed by atoms with Crippen molar-refractivity contribution >= 4 is 15.9 Å². The van der Waals surface area contributed by atoms with Crippen molar-refractivity contribution in [3.63, 3.8) is 0 Å². The van der Waals surface area contributed by atoms with Crippen LogP contribution in [0.2, 0.25) is 0 Å². The third-order valence-corrected chi connectivity index (χ3v) is 3.93. The Morgan fingerprint density at radius 2 is 2.17 bits per heavy atom. The second kappa shape index (κ2) is 5.07. The molecule has 0 bridgehead atoms. The van der Waals surface area contributed by atoms with Gasteiger partial charge in [0.2, 0.25) is 11.7 Å². The summed E-state index contributed by atoms with van der Waals surface area (Å²) in [5, 5.41) is 3.92. The average Bonchev–Trinajstić information content (AvgIpc) is 2.84. The molecule has 96 valence electrons. The van der Waals surface area contributed by atoms with Gasteiger partial charge >= 0.3 is 0 Å². The monoisotopic (exact) mass is 311 g/mol. The first-order valence-electron chi connectivity index (χ1n) is 5.45. The lowest BCUT2D eigenvalue weighted by Gasteiger charge is -2.12. The van der Waals surface area contributed by atoms with Crippen LogP contribution in [0, 0.1) is 13.8 Å². The maximum absolute atomic E-state index is 5.46. The van der Waals surface area contributed by atoms with E-state index in [1.54, 1.807) is 7.11 Å². The molecule has 5 nitrogen and oxygen atoms in total. The van der Waals surface area contributed by atoms with Crippen LogP contribution in [0.15, 0.2) is 15.1 Å². The van der Waals surface area contributed by atoms with Crippen LogP contribution in [0.4, 0.5) is 0 Å². The molecule has 0 atom stereocenters. The highest BCUT2D eigenvalue weighted by Gasteiger charge is 2.17. The molecule has 0 aliphatic rings. The van der Waals surface area contributed by atoms with Gasteiger partial charge in [-0.3, -0.25) is 0 Å². The number of hydrogen-bond acceptors (Lipinski definition) is 5. The number of ether oxygens (including phenoxy) is 1. The first kappa shape index (κ1) is 13.0. The van der Waals surface area contributed by atoms with E-state index in [1.807, 2.05) is 19.9 Å². The van der Waals surface area contributed by atoms with Crippen LogP contribution in [0.3, 0.4) is 0 Å². The smallest absolute Gasteiger partial charge is 0.240 e. The molecular formula is C12H14BrN3O2. The molecule has 1 aromatic carbocycles. The van der Waals surface area contributed by atoms with E-state index in [4.69, 9.17) is 15.0 Å². The summed E-state index contributed by atoms with van der Waals surface area (Å²) in [5.41, 5.74) is 8.36. The van der Waals surface area contributed by atoms with Gasteiger partial charge in [-0.05, 0) is 25.5 Å². The Labute approximate surface area is 113 Å². The van der Waals surface area contributed by atoms with E-state index in [1.165, 1.54) is 0 Å². The van der Waals surface area contributed by atoms with Gasteiger partial charge in [0.15, 0.2) is 0 Å². The molecule has 6 heteroatoms. The number of rotatable bonds is 3. The summed E-state index contributed by atoms with van der Waals surface area (Å²) in [6, 6.07) is 1.96. The fourth-order valence-corrected chi connectivity index (χ4v) is 2.11. The molecule has 0 fully saturated rings. The minimum Gasteiger partial charge on any atom is -0.496 e. The minimum atomic E-state index is 0.226. The number of aromatic nitrogens is 2. The standard InChI is InChI=1S/C12H14BrN3O2/c1-6-4-8(11(17-3)7(2)10(6)13)12-15-9(5-14)18-16-12/h4H,5,14H2,1-3H3. The molecule has 1 aromatic heterocycles.